The summed E-state index contributed by atoms with van der Waals surface area (Å²) in [4.78, 5) is 20.6. The summed E-state index contributed by atoms with van der Waals surface area (Å²) in [6.45, 7) is 2.37. The number of nitrogens with one attached hydrogen (secondary N) is 1. The lowest BCUT2D eigenvalue weighted by Crippen LogP contribution is -2.55. The van der Waals surface area contributed by atoms with Gasteiger partial charge in [0, 0.05) is 39.9 Å². The zero-order chi connectivity index (χ0) is 19.2. The molecule has 144 valence electrons. The Morgan fingerprint density at radius 1 is 1.37 bits per heavy atom. The lowest BCUT2D eigenvalue weighted by atomic mass is 10.1. The summed E-state index contributed by atoms with van der Waals surface area (Å²) in [6.07, 6.45) is 4.42. The lowest BCUT2D eigenvalue weighted by Gasteiger charge is -2.35. The molecule has 27 heavy (non-hydrogen) atoms. The molecule has 8 nitrogen and oxygen atoms in total. The number of aryl methyl sites for hydroxylation is 1. The molecule has 1 saturated heterocycles. The number of rotatable bonds is 5. The van der Waals surface area contributed by atoms with Crippen LogP contribution in [0.2, 0.25) is 0 Å². The molecule has 0 radical (unpaired) electrons. The first kappa shape index (κ1) is 18.8. The Morgan fingerprint density at radius 3 is 2.89 bits per heavy atom. The number of amides is 1. The minimum atomic E-state index is 0.0463. The molecule has 2 heterocycles. The number of hydrogen-bond acceptors (Lipinski definition) is 4. The van der Waals surface area contributed by atoms with Crippen LogP contribution < -0.4 is 15.0 Å². The average molecular weight is 370 g/mol. The Labute approximate surface area is 159 Å². The van der Waals surface area contributed by atoms with Crippen LogP contribution in [-0.2, 0) is 18.3 Å². The Hall–Kier alpha value is -3.03. The number of benzene rings is 1. The van der Waals surface area contributed by atoms with Crippen molar-refractivity contribution in [2.75, 3.05) is 45.2 Å². The zero-order valence-electron chi connectivity index (χ0n) is 16.1. The van der Waals surface area contributed by atoms with E-state index in [2.05, 4.69) is 21.5 Å². The highest BCUT2D eigenvalue weighted by Gasteiger charge is 2.27. The van der Waals surface area contributed by atoms with Crippen molar-refractivity contribution in [1.82, 2.24) is 20.0 Å². The highest BCUT2D eigenvalue weighted by atomic mass is 16.5. The van der Waals surface area contributed by atoms with Gasteiger partial charge in [-0.05, 0) is 24.1 Å². The Kier molecular flexibility index (Phi) is 5.95. The van der Waals surface area contributed by atoms with Crippen LogP contribution in [0.5, 0.6) is 5.75 Å². The first-order chi connectivity index (χ1) is 13.1. The molecule has 0 aliphatic carbocycles. The van der Waals surface area contributed by atoms with Gasteiger partial charge < -0.3 is 19.9 Å². The number of anilines is 1. The maximum atomic E-state index is 12.6. The van der Waals surface area contributed by atoms with Gasteiger partial charge in [-0.25, -0.2) is 0 Å². The van der Waals surface area contributed by atoms with Crippen LogP contribution in [0.4, 0.5) is 5.69 Å². The number of guanidine groups is 1. The summed E-state index contributed by atoms with van der Waals surface area (Å²) in [5.74, 6) is 1.65. The maximum absolute atomic E-state index is 12.6. The minimum absolute atomic E-state index is 0.0463. The molecule has 8 heteroatoms. The minimum Gasteiger partial charge on any atom is -0.497 e. The van der Waals surface area contributed by atoms with Gasteiger partial charge in [0.2, 0.25) is 5.91 Å². The van der Waals surface area contributed by atoms with E-state index in [4.69, 9.17) is 4.74 Å². The van der Waals surface area contributed by atoms with Crippen LogP contribution in [0.25, 0.3) is 0 Å². The second-order valence-electron chi connectivity index (χ2n) is 6.41. The van der Waals surface area contributed by atoms with E-state index >= 15 is 0 Å². The number of ether oxygens (including phenoxy) is 1. The molecule has 0 spiro atoms. The van der Waals surface area contributed by atoms with Crippen LogP contribution in [-0.4, -0.2) is 66.9 Å². The topological polar surface area (TPSA) is 75.0 Å². The van der Waals surface area contributed by atoms with Gasteiger partial charge >= 0.3 is 0 Å². The maximum Gasteiger partial charge on any atom is 0.246 e. The van der Waals surface area contributed by atoms with Crippen LogP contribution in [0.15, 0.2) is 41.7 Å². The van der Waals surface area contributed by atoms with Gasteiger partial charge in [0.15, 0.2) is 5.96 Å². The summed E-state index contributed by atoms with van der Waals surface area (Å²) in [6, 6.07) is 8.02. The van der Waals surface area contributed by atoms with Gasteiger partial charge in [-0.1, -0.05) is 12.1 Å². The smallest absolute Gasteiger partial charge is 0.246 e. The van der Waals surface area contributed by atoms with Crippen molar-refractivity contribution in [2.45, 2.75) is 6.42 Å². The quantitative estimate of drug-likeness (QED) is 0.625. The second kappa shape index (κ2) is 8.57. The third kappa shape index (κ3) is 4.58. The van der Waals surface area contributed by atoms with Gasteiger partial charge in [-0.2, -0.15) is 5.10 Å². The molecule has 1 fully saturated rings. The van der Waals surface area contributed by atoms with Crippen molar-refractivity contribution in [2.24, 2.45) is 12.0 Å². The van der Waals surface area contributed by atoms with Crippen molar-refractivity contribution in [3.63, 3.8) is 0 Å². The first-order valence-corrected chi connectivity index (χ1v) is 8.98. The molecule has 0 saturated carbocycles. The van der Waals surface area contributed by atoms with E-state index in [9.17, 15) is 4.79 Å². The normalized spacial score (nSPS) is 15.2. The van der Waals surface area contributed by atoms with E-state index in [0.717, 1.165) is 36.9 Å². The fourth-order valence-electron chi connectivity index (χ4n) is 3.15. The summed E-state index contributed by atoms with van der Waals surface area (Å²) in [5, 5.41) is 7.49. The number of hydrogen-bond donors (Lipinski definition) is 1. The molecule has 1 aliphatic heterocycles. The molecular weight excluding hydrogens is 344 g/mol. The molecule has 1 N–H and O–H groups in total. The number of carbonyl (C=O) groups excluding carboxylic acids is 1. The van der Waals surface area contributed by atoms with Gasteiger partial charge in [-0.15, -0.1) is 0 Å². The van der Waals surface area contributed by atoms with Gasteiger partial charge in [0.25, 0.3) is 0 Å². The summed E-state index contributed by atoms with van der Waals surface area (Å²) in [5.41, 5.74) is 2.03. The van der Waals surface area contributed by atoms with E-state index in [-0.39, 0.29) is 5.91 Å². The Bertz CT molecular complexity index is 816. The van der Waals surface area contributed by atoms with E-state index in [1.165, 1.54) is 5.56 Å². The fraction of sp³-hybridized carbons (Fsp3) is 0.421. The number of methoxy groups -OCH3 is 1. The molecule has 3 rings (SSSR count). The van der Waals surface area contributed by atoms with Crippen LogP contribution in [0, 0.1) is 0 Å². The largest absolute Gasteiger partial charge is 0.497 e. The number of carbonyl (C=O) groups is 1. The molecule has 0 bridgehead atoms. The van der Waals surface area contributed by atoms with E-state index in [0.29, 0.717) is 13.1 Å². The summed E-state index contributed by atoms with van der Waals surface area (Å²) >= 11 is 0. The number of aromatic nitrogens is 2. The third-order valence-corrected chi connectivity index (χ3v) is 4.57. The van der Waals surface area contributed by atoms with E-state index in [1.54, 1.807) is 29.9 Å². The number of nitrogens with zero attached hydrogens (tertiary/aromatic N) is 5. The van der Waals surface area contributed by atoms with Crippen molar-refractivity contribution < 1.29 is 9.53 Å². The van der Waals surface area contributed by atoms with Crippen molar-refractivity contribution in [1.29, 1.82) is 0 Å². The Balaban J connectivity index is 1.53. The fourth-order valence-corrected chi connectivity index (χ4v) is 3.15. The first-order valence-electron chi connectivity index (χ1n) is 8.98. The molecule has 1 aromatic heterocycles. The molecular formula is C19H26N6O2. The molecule has 1 aliphatic rings. The number of piperazine rings is 1. The van der Waals surface area contributed by atoms with Gasteiger partial charge in [-0.3, -0.25) is 14.5 Å². The molecule has 0 unspecified atom stereocenters. The lowest BCUT2D eigenvalue weighted by molar-refractivity contribution is -0.120. The van der Waals surface area contributed by atoms with E-state index in [1.807, 2.05) is 36.3 Å². The predicted molar refractivity (Wildman–Crippen MR) is 105 cm³/mol. The standard InChI is InChI=1S/C19H26N6O2/c1-20-19(21-8-7-15-5-4-6-17(11-15)27-3)24-9-10-25(18(26)14-24)16-12-22-23(2)13-16/h4-6,11-13H,7-10,14H2,1-3H3,(H,20,21). The summed E-state index contributed by atoms with van der Waals surface area (Å²) in [7, 11) is 5.26. The highest BCUT2D eigenvalue weighted by molar-refractivity contribution is 5.98. The molecule has 1 amide bonds. The number of aliphatic imine (C=N–C) groups is 1. The SMILES string of the molecule is CN=C(NCCc1cccc(OC)c1)N1CCN(c2cnn(C)c2)C(=O)C1. The van der Waals surface area contributed by atoms with Crippen LogP contribution >= 0.6 is 0 Å². The predicted octanol–water partition coefficient (Wildman–Crippen LogP) is 0.895. The van der Waals surface area contributed by atoms with Crippen molar-refractivity contribution in [3.8, 4) is 5.75 Å². The van der Waals surface area contributed by atoms with E-state index < -0.39 is 0 Å². The highest BCUT2D eigenvalue weighted by Crippen LogP contribution is 2.16. The molecule has 2 aromatic rings. The van der Waals surface area contributed by atoms with Gasteiger partial charge in [0.1, 0.15) is 12.3 Å². The zero-order valence-corrected chi connectivity index (χ0v) is 16.1. The third-order valence-electron chi connectivity index (χ3n) is 4.57. The summed E-state index contributed by atoms with van der Waals surface area (Å²) < 4.78 is 6.96. The van der Waals surface area contributed by atoms with Crippen LogP contribution in [0.1, 0.15) is 5.56 Å². The van der Waals surface area contributed by atoms with Crippen LogP contribution in [0.3, 0.4) is 0 Å². The van der Waals surface area contributed by atoms with Gasteiger partial charge in [0.05, 0.1) is 19.0 Å². The monoisotopic (exact) mass is 370 g/mol. The van der Waals surface area contributed by atoms with Crippen molar-refractivity contribution in [3.05, 3.63) is 42.2 Å². The van der Waals surface area contributed by atoms with Crippen molar-refractivity contribution >= 4 is 17.6 Å². The Morgan fingerprint density at radius 2 is 2.22 bits per heavy atom. The molecule has 1 aromatic carbocycles. The second-order valence-corrected chi connectivity index (χ2v) is 6.41. The average Bonchev–Trinajstić information content (AvgIpc) is 3.11. The molecule has 0 atom stereocenters.